The van der Waals surface area contributed by atoms with E-state index in [1.54, 1.807) is 0 Å². The summed E-state index contributed by atoms with van der Waals surface area (Å²) in [5.41, 5.74) is 5.64. The van der Waals surface area contributed by atoms with Crippen molar-refractivity contribution in [2.75, 3.05) is 20.3 Å². The first-order chi connectivity index (χ1) is 7.97. The summed E-state index contributed by atoms with van der Waals surface area (Å²) in [5, 5.41) is 12.1. The van der Waals surface area contributed by atoms with Gasteiger partial charge in [-0.1, -0.05) is 13.3 Å². The summed E-state index contributed by atoms with van der Waals surface area (Å²) in [5.74, 6) is -0.0617. The molecule has 5 nitrogen and oxygen atoms in total. The van der Waals surface area contributed by atoms with Gasteiger partial charge in [-0.25, -0.2) is 0 Å². The van der Waals surface area contributed by atoms with Gasteiger partial charge >= 0.3 is 0 Å². The van der Waals surface area contributed by atoms with Crippen molar-refractivity contribution < 1.29 is 14.6 Å². The summed E-state index contributed by atoms with van der Waals surface area (Å²) in [6.45, 7) is 4.33. The second kappa shape index (κ2) is 9.39. The van der Waals surface area contributed by atoms with E-state index in [4.69, 9.17) is 10.5 Å². The Morgan fingerprint density at radius 3 is 2.59 bits per heavy atom. The first-order valence-corrected chi connectivity index (χ1v) is 6.17. The van der Waals surface area contributed by atoms with E-state index in [1.807, 2.05) is 13.8 Å². The fraction of sp³-hybridized carbons (Fsp3) is 0.917. The van der Waals surface area contributed by atoms with E-state index in [-0.39, 0.29) is 31.0 Å². The Morgan fingerprint density at radius 2 is 2.06 bits per heavy atom. The molecule has 5 heteroatoms. The second-order valence-corrected chi connectivity index (χ2v) is 4.66. The van der Waals surface area contributed by atoms with Crippen molar-refractivity contribution in [2.24, 2.45) is 11.7 Å². The van der Waals surface area contributed by atoms with Crippen LogP contribution in [0.3, 0.4) is 0 Å². The molecule has 4 N–H and O–H groups in total. The summed E-state index contributed by atoms with van der Waals surface area (Å²) < 4.78 is 4.77. The van der Waals surface area contributed by atoms with Crippen molar-refractivity contribution in [2.45, 2.75) is 45.3 Å². The van der Waals surface area contributed by atoms with Crippen LogP contribution in [0.1, 0.15) is 33.1 Å². The maximum atomic E-state index is 11.6. The number of rotatable bonds is 9. The molecule has 0 rings (SSSR count). The Labute approximate surface area is 104 Å². The zero-order valence-electron chi connectivity index (χ0n) is 11.1. The maximum absolute atomic E-state index is 11.6. The number of aliphatic hydroxyl groups excluding tert-OH is 1. The molecule has 0 aromatic carbocycles. The molecular weight excluding hydrogens is 220 g/mol. The quantitative estimate of drug-likeness (QED) is 0.545. The van der Waals surface area contributed by atoms with Crippen LogP contribution >= 0.6 is 0 Å². The Balaban J connectivity index is 3.67. The standard InChI is InChI=1S/C12H26N2O3/c1-9(5-4-6-10(2)13)12(16)14-7-11(15)8-17-3/h9-11,15H,4-8,13H2,1-3H3,(H,14,16). The summed E-state index contributed by atoms with van der Waals surface area (Å²) in [6.07, 6.45) is 2.07. The molecule has 0 aliphatic heterocycles. The number of nitrogens with two attached hydrogens (primary N) is 1. The van der Waals surface area contributed by atoms with Crippen LogP contribution in [0.4, 0.5) is 0 Å². The average Bonchev–Trinajstić information content (AvgIpc) is 2.25. The topological polar surface area (TPSA) is 84.6 Å². The first kappa shape index (κ1) is 16.4. The average molecular weight is 246 g/mol. The third kappa shape index (κ3) is 9.09. The van der Waals surface area contributed by atoms with E-state index in [1.165, 1.54) is 7.11 Å². The number of amides is 1. The molecule has 0 heterocycles. The lowest BCUT2D eigenvalue weighted by atomic mass is 10.0. The van der Waals surface area contributed by atoms with Crippen molar-refractivity contribution in [1.82, 2.24) is 5.32 Å². The fourth-order valence-corrected chi connectivity index (χ4v) is 1.52. The molecule has 0 bridgehead atoms. The zero-order chi connectivity index (χ0) is 13.3. The van der Waals surface area contributed by atoms with E-state index in [0.717, 1.165) is 19.3 Å². The van der Waals surface area contributed by atoms with E-state index in [0.29, 0.717) is 0 Å². The maximum Gasteiger partial charge on any atom is 0.222 e. The Hall–Kier alpha value is -0.650. The molecule has 3 unspecified atom stereocenters. The Bertz CT molecular complexity index is 210. The van der Waals surface area contributed by atoms with Crippen LogP contribution in [0.15, 0.2) is 0 Å². The molecule has 0 aliphatic rings. The van der Waals surface area contributed by atoms with Gasteiger partial charge in [0.2, 0.25) is 5.91 Å². The van der Waals surface area contributed by atoms with Gasteiger partial charge in [0.05, 0.1) is 12.7 Å². The van der Waals surface area contributed by atoms with E-state index >= 15 is 0 Å². The number of carbonyl (C=O) groups is 1. The van der Waals surface area contributed by atoms with Gasteiger partial charge in [-0.05, 0) is 19.8 Å². The molecular formula is C12H26N2O3. The third-order valence-electron chi connectivity index (χ3n) is 2.62. The largest absolute Gasteiger partial charge is 0.389 e. The minimum absolute atomic E-state index is 0.0233. The number of carbonyl (C=O) groups excluding carboxylic acids is 1. The monoisotopic (exact) mass is 246 g/mol. The molecule has 0 aliphatic carbocycles. The van der Waals surface area contributed by atoms with Crippen LogP contribution in [0.2, 0.25) is 0 Å². The van der Waals surface area contributed by atoms with Gasteiger partial charge in [0.1, 0.15) is 0 Å². The van der Waals surface area contributed by atoms with Gasteiger partial charge in [-0.3, -0.25) is 4.79 Å². The molecule has 1 amide bonds. The van der Waals surface area contributed by atoms with Crippen molar-refractivity contribution in [3.05, 3.63) is 0 Å². The number of ether oxygens (including phenoxy) is 1. The molecule has 17 heavy (non-hydrogen) atoms. The van der Waals surface area contributed by atoms with Gasteiger partial charge in [0.15, 0.2) is 0 Å². The lowest BCUT2D eigenvalue weighted by Crippen LogP contribution is -2.37. The number of aliphatic hydroxyl groups is 1. The van der Waals surface area contributed by atoms with Gasteiger partial charge in [0.25, 0.3) is 0 Å². The highest BCUT2D eigenvalue weighted by atomic mass is 16.5. The van der Waals surface area contributed by atoms with Crippen LogP contribution in [0.25, 0.3) is 0 Å². The Kier molecular flexibility index (Phi) is 9.03. The molecule has 0 saturated carbocycles. The normalized spacial score (nSPS) is 16.3. The molecule has 0 saturated heterocycles. The number of hydrogen-bond donors (Lipinski definition) is 3. The van der Waals surface area contributed by atoms with Gasteiger partial charge in [-0.15, -0.1) is 0 Å². The minimum atomic E-state index is -0.639. The number of methoxy groups -OCH3 is 1. The first-order valence-electron chi connectivity index (χ1n) is 6.17. The van der Waals surface area contributed by atoms with Crippen molar-refractivity contribution in [1.29, 1.82) is 0 Å². The SMILES string of the molecule is COCC(O)CNC(=O)C(C)CCCC(C)N. The zero-order valence-corrected chi connectivity index (χ0v) is 11.1. The Morgan fingerprint density at radius 1 is 1.41 bits per heavy atom. The summed E-state index contributed by atoms with van der Waals surface area (Å²) in [7, 11) is 1.52. The number of nitrogens with one attached hydrogen (secondary N) is 1. The predicted octanol–water partition coefficient (Wildman–Crippen LogP) is 0.264. The van der Waals surface area contributed by atoms with Crippen LogP contribution in [0, 0.1) is 5.92 Å². The molecule has 102 valence electrons. The molecule has 3 atom stereocenters. The van der Waals surface area contributed by atoms with E-state index < -0.39 is 6.10 Å². The highest BCUT2D eigenvalue weighted by Gasteiger charge is 2.13. The number of hydrogen-bond acceptors (Lipinski definition) is 4. The summed E-state index contributed by atoms with van der Waals surface area (Å²) in [4.78, 5) is 11.6. The smallest absolute Gasteiger partial charge is 0.222 e. The molecule has 0 radical (unpaired) electrons. The van der Waals surface area contributed by atoms with Crippen LogP contribution < -0.4 is 11.1 Å². The highest BCUT2D eigenvalue weighted by Crippen LogP contribution is 2.08. The van der Waals surface area contributed by atoms with E-state index in [2.05, 4.69) is 5.32 Å². The lowest BCUT2D eigenvalue weighted by molar-refractivity contribution is -0.125. The summed E-state index contributed by atoms with van der Waals surface area (Å²) >= 11 is 0. The van der Waals surface area contributed by atoms with Gasteiger partial charge in [-0.2, -0.15) is 0 Å². The van der Waals surface area contributed by atoms with Gasteiger partial charge < -0.3 is 20.9 Å². The fourth-order valence-electron chi connectivity index (χ4n) is 1.52. The minimum Gasteiger partial charge on any atom is -0.389 e. The second-order valence-electron chi connectivity index (χ2n) is 4.66. The van der Waals surface area contributed by atoms with Gasteiger partial charge in [0, 0.05) is 25.6 Å². The van der Waals surface area contributed by atoms with Crippen molar-refractivity contribution in [3.63, 3.8) is 0 Å². The van der Waals surface area contributed by atoms with Crippen LogP contribution in [-0.2, 0) is 9.53 Å². The molecule has 0 aromatic rings. The van der Waals surface area contributed by atoms with E-state index in [9.17, 15) is 9.90 Å². The molecule has 0 spiro atoms. The molecule has 0 aromatic heterocycles. The van der Waals surface area contributed by atoms with Crippen molar-refractivity contribution in [3.8, 4) is 0 Å². The lowest BCUT2D eigenvalue weighted by Gasteiger charge is -2.15. The highest BCUT2D eigenvalue weighted by molar-refractivity contribution is 5.78. The predicted molar refractivity (Wildman–Crippen MR) is 67.6 cm³/mol. The summed E-state index contributed by atoms with van der Waals surface area (Å²) in [6, 6.07) is 0.189. The third-order valence-corrected chi connectivity index (χ3v) is 2.62. The van der Waals surface area contributed by atoms with Crippen LogP contribution in [0.5, 0.6) is 0 Å². The van der Waals surface area contributed by atoms with Crippen LogP contribution in [-0.4, -0.2) is 43.4 Å². The van der Waals surface area contributed by atoms with Crippen molar-refractivity contribution >= 4 is 5.91 Å². The molecule has 0 fully saturated rings.